The molecule has 3 aliphatic rings. The van der Waals surface area contributed by atoms with Crippen LogP contribution in [0.25, 0.3) is 0 Å². The van der Waals surface area contributed by atoms with Gasteiger partial charge < -0.3 is 10.5 Å². The third-order valence-corrected chi connectivity index (χ3v) is 4.90. The van der Waals surface area contributed by atoms with Crippen molar-refractivity contribution < 1.29 is 9.53 Å². The molecular formula is C11H17NO2. The first kappa shape index (κ1) is 8.72. The van der Waals surface area contributed by atoms with Crippen molar-refractivity contribution in [3.63, 3.8) is 0 Å². The van der Waals surface area contributed by atoms with E-state index in [0.717, 1.165) is 19.3 Å². The normalized spacial score (nSPS) is 55.7. The quantitative estimate of drug-likeness (QED) is 0.585. The van der Waals surface area contributed by atoms with Gasteiger partial charge >= 0.3 is 5.97 Å². The zero-order valence-corrected chi connectivity index (χ0v) is 8.53. The maximum absolute atomic E-state index is 11.8. The molecule has 2 saturated carbocycles. The number of hydrogen-bond acceptors (Lipinski definition) is 3. The van der Waals surface area contributed by atoms with Gasteiger partial charge in [0.05, 0.1) is 12.0 Å². The van der Waals surface area contributed by atoms with Gasteiger partial charge in [-0.25, -0.2) is 0 Å². The number of ether oxygens (including phenoxy) is 1. The van der Waals surface area contributed by atoms with Crippen LogP contribution < -0.4 is 5.73 Å². The van der Waals surface area contributed by atoms with Crippen LogP contribution >= 0.6 is 0 Å². The average molecular weight is 195 g/mol. The van der Waals surface area contributed by atoms with E-state index in [1.54, 1.807) is 0 Å². The van der Waals surface area contributed by atoms with Crippen LogP contribution in [0.5, 0.6) is 0 Å². The van der Waals surface area contributed by atoms with E-state index in [0.29, 0.717) is 24.4 Å². The van der Waals surface area contributed by atoms with E-state index >= 15 is 0 Å². The molecule has 5 atom stereocenters. The van der Waals surface area contributed by atoms with E-state index in [9.17, 15) is 4.79 Å². The first-order chi connectivity index (χ1) is 6.65. The van der Waals surface area contributed by atoms with Crippen molar-refractivity contribution in [3.05, 3.63) is 0 Å². The molecule has 1 saturated heterocycles. The summed E-state index contributed by atoms with van der Waals surface area (Å²) in [6, 6.07) is 0.222. The number of hydrogen-bond donors (Lipinski definition) is 1. The zero-order chi connectivity index (χ0) is 9.92. The number of carbonyl (C=O) groups is 1. The summed E-state index contributed by atoms with van der Waals surface area (Å²) in [6.07, 6.45) is 3.09. The van der Waals surface area contributed by atoms with Crippen LogP contribution in [0, 0.1) is 23.2 Å². The smallest absolute Gasteiger partial charge is 0.312 e. The molecule has 2 N–H and O–H groups in total. The first-order valence-electron chi connectivity index (χ1n) is 5.58. The standard InChI is InChI=1S/C11H17NO2/c1-6-7-4-8(9(6)12)11(5-7)2-3-14-10(11)13/h6-9H,2-5,12H2,1H3. The zero-order valence-electron chi connectivity index (χ0n) is 8.53. The van der Waals surface area contributed by atoms with E-state index < -0.39 is 0 Å². The Labute approximate surface area is 84.0 Å². The molecule has 2 aliphatic carbocycles. The molecule has 5 unspecified atom stereocenters. The van der Waals surface area contributed by atoms with Crippen LogP contribution in [0.1, 0.15) is 26.2 Å². The lowest BCUT2D eigenvalue weighted by atomic mass is 9.67. The van der Waals surface area contributed by atoms with Crippen molar-refractivity contribution in [1.29, 1.82) is 0 Å². The SMILES string of the molecule is CC1C2CC(C1N)C1(CCOC1=O)C2. The minimum atomic E-state index is -0.170. The molecule has 14 heavy (non-hydrogen) atoms. The Morgan fingerprint density at radius 2 is 2.36 bits per heavy atom. The maximum atomic E-state index is 11.8. The second-order valence-corrected chi connectivity index (χ2v) is 5.28. The van der Waals surface area contributed by atoms with Crippen molar-refractivity contribution in [1.82, 2.24) is 0 Å². The Balaban J connectivity index is 1.96. The van der Waals surface area contributed by atoms with E-state index in [1.807, 2.05) is 0 Å². The van der Waals surface area contributed by atoms with Gasteiger partial charge in [-0.05, 0) is 37.0 Å². The monoisotopic (exact) mass is 195 g/mol. The molecule has 3 fully saturated rings. The largest absolute Gasteiger partial charge is 0.465 e. The van der Waals surface area contributed by atoms with Crippen molar-refractivity contribution >= 4 is 5.97 Å². The average Bonchev–Trinajstić information content (AvgIpc) is 2.77. The number of nitrogens with two attached hydrogens (primary N) is 1. The number of carbonyl (C=O) groups excluding carboxylic acids is 1. The van der Waals surface area contributed by atoms with E-state index in [1.165, 1.54) is 0 Å². The fourth-order valence-corrected chi connectivity index (χ4v) is 3.95. The third-order valence-electron chi connectivity index (χ3n) is 4.90. The molecule has 1 aliphatic heterocycles. The lowest BCUT2D eigenvalue weighted by Crippen LogP contribution is -2.46. The minimum Gasteiger partial charge on any atom is -0.465 e. The summed E-state index contributed by atoms with van der Waals surface area (Å²) in [5.74, 6) is 1.70. The molecule has 0 aromatic rings. The number of cyclic esters (lactones) is 1. The molecule has 3 heteroatoms. The van der Waals surface area contributed by atoms with E-state index in [4.69, 9.17) is 10.5 Å². The van der Waals surface area contributed by atoms with Gasteiger partial charge in [0.2, 0.25) is 0 Å². The van der Waals surface area contributed by atoms with Gasteiger partial charge in [-0.3, -0.25) is 4.79 Å². The van der Waals surface area contributed by atoms with Crippen LogP contribution in [0.2, 0.25) is 0 Å². The molecule has 1 heterocycles. The van der Waals surface area contributed by atoms with Crippen molar-refractivity contribution in [2.45, 2.75) is 32.2 Å². The highest BCUT2D eigenvalue weighted by atomic mass is 16.5. The van der Waals surface area contributed by atoms with Crippen molar-refractivity contribution in [3.8, 4) is 0 Å². The minimum absolute atomic E-state index is 0.0346. The Hall–Kier alpha value is -0.570. The fraction of sp³-hybridized carbons (Fsp3) is 0.909. The van der Waals surface area contributed by atoms with Crippen molar-refractivity contribution in [2.75, 3.05) is 6.61 Å². The van der Waals surface area contributed by atoms with Gasteiger partial charge in [0, 0.05) is 6.04 Å². The highest BCUT2D eigenvalue weighted by Gasteiger charge is 2.63. The number of esters is 1. The van der Waals surface area contributed by atoms with Gasteiger partial charge in [0.1, 0.15) is 0 Å². The fourth-order valence-electron chi connectivity index (χ4n) is 3.95. The summed E-state index contributed by atoms with van der Waals surface area (Å²) < 4.78 is 5.13. The van der Waals surface area contributed by atoms with Crippen LogP contribution in [-0.2, 0) is 9.53 Å². The van der Waals surface area contributed by atoms with Crippen LogP contribution in [-0.4, -0.2) is 18.6 Å². The lowest BCUT2D eigenvalue weighted by Gasteiger charge is -2.36. The molecular weight excluding hydrogens is 178 g/mol. The summed E-state index contributed by atoms with van der Waals surface area (Å²) in [7, 11) is 0. The molecule has 0 radical (unpaired) electrons. The van der Waals surface area contributed by atoms with E-state index in [2.05, 4.69) is 6.92 Å². The second kappa shape index (κ2) is 2.51. The summed E-state index contributed by atoms with van der Waals surface area (Å²) in [4.78, 5) is 11.8. The van der Waals surface area contributed by atoms with Crippen LogP contribution in [0.4, 0.5) is 0 Å². The summed E-state index contributed by atoms with van der Waals surface area (Å²) in [5.41, 5.74) is 6.00. The Morgan fingerprint density at radius 3 is 2.86 bits per heavy atom. The predicted octanol–water partition coefficient (Wildman–Crippen LogP) is 0.923. The third kappa shape index (κ3) is 0.800. The number of fused-ring (bicyclic) bond motifs is 3. The summed E-state index contributed by atoms with van der Waals surface area (Å²) in [6.45, 7) is 2.84. The molecule has 0 aromatic carbocycles. The van der Waals surface area contributed by atoms with Crippen LogP contribution in [0.3, 0.4) is 0 Å². The van der Waals surface area contributed by atoms with Gasteiger partial charge in [-0.15, -0.1) is 0 Å². The molecule has 78 valence electrons. The Kier molecular flexibility index (Phi) is 1.56. The highest BCUT2D eigenvalue weighted by molar-refractivity contribution is 5.80. The van der Waals surface area contributed by atoms with Crippen molar-refractivity contribution in [2.24, 2.45) is 28.9 Å². The number of rotatable bonds is 0. The molecule has 2 bridgehead atoms. The molecule has 0 amide bonds. The van der Waals surface area contributed by atoms with Gasteiger partial charge in [-0.1, -0.05) is 6.92 Å². The van der Waals surface area contributed by atoms with Gasteiger partial charge in [0.25, 0.3) is 0 Å². The Morgan fingerprint density at radius 1 is 1.57 bits per heavy atom. The summed E-state index contributed by atoms with van der Waals surface area (Å²) >= 11 is 0. The predicted molar refractivity (Wildman–Crippen MR) is 51.4 cm³/mol. The summed E-state index contributed by atoms with van der Waals surface area (Å²) in [5, 5.41) is 0. The van der Waals surface area contributed by atoms with Gasteiger partial charge in [0.15, 0.2) is 0 Å². The lowest BCUT2D eigenvalue weighted by molar-refractivity contribution is -0.149. The second-order valence-electron chi connectivity index (χ2n) is 5.28. The highest BCUT2D eigenvalue weighted by Crippen LogP contribution is 2.61. The van der Waals surface area contributed by atoms with E-state index in [-0.39, 0.29) is 17.4 Å². The van der Waals surface area contributed by atoms with Gasteiger partial charge in [-0.2, -0.15) is 0 Å². The topological polar surface area (TPSA) is 52.3 Å². The molecule has 3 rings (SSSR count). The molecule has 0 aromatic heterocycles. The molecule has 3 nitrogen and oxygen atoms in total. The molecule has 1 spiro atoms. The Bertz CT molecular complexity index is 289. The first-order valence-corrected chi connectivity index (χ1v) is 5.58. The maximum Gasteiger partial charge on any atom is 0.312 e. The van der Waals surface area contributed by atoms with Crippen LogP contribution in [0.15, 0.2) is 0 Å².